The van der Waals surface area contributed by atoms with Gasteiger partial charge in [0.15, 0.2) is 5.96 Å². The third kappa shape index (κ3) is 6.12. The van der Waals surface area contributed by atoms with Crippen LogP contribution in [0.25, 0.3) is 0 Å². The summed E-state index contributed by atoms with van der Waals surface area (Å²) in [5, 5.41) is 12.7. The van der Waals surface area contributed by atoms with Crippen LogP contribution in [0.2, 0.25) is 0 Å². The molecule has 6 heteroatoms. The van der Waals surface area contributed by atoms with Crippen LogP contribution in [-0.4, -0.2) is 40.7 Å². The number of phenols is 1. The van der Waals surface area contributed by atoms with E-state index in [2.05, 4.69) is 64.0 Å². The Kier molecular flexibility index (Phi) is 7.37. The molecule has 0 aliphatic carbocycles. The molecule has 0 unspecified atom stereocenters. The minimum absolute atomic E-state index is 0.310. The minimum Gasteiger partial charge on any atom is -0.508 e. The topological polar surface area (TPSA) is 52.8 Å². The van der Waals surface area contributed by atoms with Crippen molar-refractivity contribution in [2.75, 3.05) is 20.1 Å². The molecule has 0 amide bonds. The Balaban J connectivity index is 1.90. The van der Waals surface area contributed by atoms with E-state index in [1.807, 2.05) is 12.1 Å². The SMILES string of the molecule is CCNC(=NCCCc1ccc(O)cc1)N(C)Cc1cc(Br)cn1C. The van der Waals surface area contributed by atoms with Crippen LogP contribution in [0.15, 0.2) is 46.0 Å². The Morgan fingerprint density at radius 3 is 2.64 bits per heavy atom. The number of phenolic OH excluding ortho intramolecular Hbond substituents is 1. The molecular formula is C19H27BrN4O. The van der Waals surface area contributed by atoms with Crippen LogP contribution in [0.3, 0.4) is 0 Å². The smallest absolute Gasteiger partial charge is 0.194 e. The van der Waals surface area contributed by atoms with E-state index < -0.39 is 0 Å². The van der Waals surface area contributed by atoms with Crippen LogP contribution < -0.4 is 5.32 Å². The van der Waals surface area contributed by atoms with E-state index in [1.165, 1.54) is 11.3 Å². The number of halogens is 1. The van der Waals surface area contributed by atoms with Gasteiger partial charge in [-0.25, -0.2) is 0 Å². The molecule has 5 nitrogen and oxygen atoms in total. The summed E-state index contributed by atoms with van der Waals surface area (Å²) < 4.78 is 3.21. The number of guanidine groups is 1. The van der Waals surface area contributed by atoms with E-state index in [4.69, 9.17) is 4.99 Å². The van der Waals surface area contributed by atoms with Crippen molar-refractivity contribution >= 4 is 21.9 Å². The first kappa shape index (κ1) is 19.4. The molecule has 0 spiro atoms. The van der Waals surface area contributed by atoms with Gasteiger partial charge in [-0.15, -0.1) is 0 Å². The Morgan fingerprint density at radius 2 is 2.04 bits per heavy atom. The number of hydrogen-bond donors (Lipinski definition) is 2. The zero-order valence-corrected chi connectivity index (χ0v) is 16.8. The standard InChI is InChI=1S/C19H27BrN4O/c1-4-21-19(24(3)14-17-12-16(20)13-23(17)2)22-11-5-6-15-7-9-18(25)10-8-15/h7-10,12-13,25H,4-6,11,14H2,1-3H3,(H,21,22). The molecule has 0 saturated heterocycles. The normalized spacial score (nSPS) is 11.6. The monoisotopic (exact) mass is 406 g/mol. The molecule has 1 aromatic heterocycles. The van der Waals surface area contributed by atoms with Gasteiger partial charge in [-0.05, 0) is 59.5 Å². The predicted octanol–water partition coefficient (Wildman–Crippen LogP) is 3.52. The molecule has 1 heterocycles. The van der Waals surface area contributed by atoms with E-state index in [1.54, 1.807) is 12.1 Å². The number of aliphatic imine (C=N–C) groups is 1. The molecule has 0 aliphatic heterocycles. The zero-order valence-electron chi connectivity index (χ0n) is 15.2. The van der Waals surface area contributed by atoms with Crippen molar-refractivity contribution in [1.29, 1.82) is 0 Å². The molecule has 0 fully saturated rings. The largest absolute Gasteiger partial charge is 0.508 e. The quantitative estimate of drug-likeness (QED) is 0.420. The molecule has 0 atom stereocenters. The van der Waals surface area contributed by atoms with E-state index in [0.29, 0.717) is 5.75 Å². The second-order valence-electron chi connectivity index (χ2n) is 6.12. The average molecular weight is 407 g/mol. The van der Waals surface area contributed by atoms with Crippen LogP contribution in [0.5, 0.6) is 5.75 Å². The first-order valence-electron chi connectivity index (χ1n) is 8.57. The molecule has 2 aromatic rings. The van der Waals surface area contributed by atoms with Crippen molar-refractivity contribution < 1.29 is 5.11 Å². The Hall–Kier alpha value is -1.95. The maximum Gasteiger partial charge on any atom is 0.194 e. The van der Waals surface area contributed by atoms with Crippen molar-refractivity contribution in [2.45, 2.75) is 26.3 Å². The van der Waals surface area contributed by atoms with Gasteiger partial charge in [-0.1, -0.05) is 12.1 Å². The summed E-state index contributed by atoms with van der Waals surface area (Å²) in [6.45, 7) is 4.49. The summed E-state index contributed by atoms with van der Waals surface area (Å²) in [7, 11) is 4.11. The third-order valence-corrected chi connectivity index (χ3v) is 4.43. The van der Waals surface area contributed by atoms with E-state index in [9.17, 15) is 5.11 Å². The number of aromatic nitrogens is 1. The van der Waals surface area contributed by atoms with Gasteiger partial charge in [0.25, 0.3) is 0 Å². The van der Waals surface area contributed by atoms with Crippen LogP contribution >= 0.6 is 15.9 Å². The van der Waals surface area contributed by atoms with Crippen LogP contribution in [-0.2, 0) is 20.0 Å². The van der Waals surface area contributed by atoms with E-state index in [-0.39, 0.29) is 0 Å². The van der Waals surface area contributed by atoms with Gasteiger partial charge in [0.05, 0.1) is 6.54 Å². The number of aromatic hydroxyl groups is 1. The van der Waals surface area contributed by atoms with Crippen LogP contribution in [0, 0.1) is 0 Å². The molecule has 0 saturated carbocycles. The van der Waals surface area contributed by atoms with Crippen LogP contribution in [0.1, 0.15) is 24.6 Å². The third-order valence-electron chi connectivity index (χ3n) is 3.99. The predicted molar refractivity (Wildman–Crippen MR) is 107 cm³/mol. The van der Waals surface area contributed by atoms with Crippen molar-refractivity contribution in [2.24, 2.45) is 12.0 Å². The van der Waals surface area contributed by atoms with Crippen molar-refractivity contribution in [3.63, 3.8) is 0 Å². The highest BCUT2D eigenvalue weighted by molar-refractivity contribution is 9.10. The first-order chi connectivity index (χ1) is 12.0. The average Bonchev–Trinajstić information content (AvgIpc) is 2.89. The summed E-state index contributed by atoms with van der Waals surface area (Å²) >= 11 is 3.52. The second kappa shape index (κ2) is 9.51. The number of aryl methyl sites for hydroxylation is 2. The molecule has 2 rings (SSSR count). The van der Waals surface area contributed by atoms with Crippen molar-refractivity contribution in [1.82, 2.24) is 14.8 Å². The zero-order chi connectivity index (χ0) is 18.2. The summed E-state index contributed by atoms with van der Waals surface area (Å²) in [6.07, 6.45) is 3.99. The van der Waals surface area contributed by atoms with Gasteiger partial charge < -0.3 is 19.9 Å². The van der Waals surface area contributed by atoms with Crippen LogP contribution in [0.4, 0.5) is 0 Å². The summed E-state index contributed by atoms with van der Waals surface area (Å²) in [6, 6.07) is 9.51. The number of benzene rings is 1. The summed E-state index contributed by atoms with van der Waals surface area (Å²) in [4.78, 5) is 6.88. The number of nitrogens with zero attached hydrogens (tertiary/aromatic N) is 3. The molecule has 2 N–H and O–H groups in total. The number of hydrogen-bond acceptors (Lipinski definition) is 2. The van der Waals surface area contributed by atoms with Gasteiger partial charge in [-0.3, -0.25) is 4.99 Å². The van der Waals surface area contributed by atoms with Gasteiger partial charge in [0.2, 0.25) is 0 Å². The lowest BCUT2D eigenvalue weighted by Gasteiger charge is -2.22. The molecule has 25 heavy (non-hydrogen) atoms. The highest BCUT2D eigenvalue weighted by Crippen LogP contribution is 2.15. The summed E-state index contributed by atoms with van der Waals surface area (Å²) in [5.41, 5.74) is 2.45. The highest BCUT2D eigenvalue weighted by atomic mass is 79.9. The molecule has 136 valence electrons. The van der Waals surface area contributed by atoms with Gasteiger partial charge in [0.1, 0.15) is 5.75 Å². The lowest BCUT2D eigenvalue weighted by Crippen LogP contribution is -2.38. The van der Waals surface area contributed by atoms with E-state index in [0.717, 1.165) is 42.9 Å². The summed E-state index contributed by atoms with van der Waals surface area (Å²) in [5.74, 6) is 1.23. The minimum atomic E-state index is 0.310. The fraction of sp³-hybridized carbons (Fsp3) is 0.421. The number of nitrogens with one attached hydrogen (secondary N) is 1. The Morgan fingerprint density at radius 1 is 1.32 bits per heavy atom. The molecule has 0 aliphatic rings. The maximum atomic E-state index is 9.32. The van der Waals surface area contributed by atoms with Gasteiger partial charge in [0, 0.05) is 43.5 Å². The first-order valence-corrected chi connectivity index (χ1v) is 9.37. The Labute approximate surface area is 158 Å². The lowest BCUT2D eigenvalue weighted by molar-refractivity contribution is 0.461. The lowest BCUT2D eigenvalue weighted by atomic mass is 10.1. The second-order valence-corrected chi connectivity index (χ2v) is 7.04. The van der Waals surface area contributed by atoms with Gasteiger partial charge >= 0.3 is 0 Å². The highest BCUT2D eigenvalue weighted by Gasteiger charge is 2.09. The Bertz CT molecular complexity index is 694. The molecular weight excluding hydrogens is 380 g/mol. The molecule has 1 aromatic carbocycles. The maximum absolute atomic E-state index is 9.32. The van der Waals surface area contributed by atoms with E-state index >= 15 is 0 Å². The fourth-order valence-corrected chi connectivity index (χ4v) is 3.21. The molecule has 0 radical (unpaired) electrons. The van der Waals surface area contributed by atoms with Crippen molar-refractivity contribution in [3.8, 4) is 5.75 Å². The van der Waals surface area contributed by atoms with Crippen molar-refractivity contribution in [3.05, 3.63) is 52.3 Å². The molecule has 0 bridgehead atoms. The fourth-order valence-electron chi connectivity index (χ4n) is 2.64. The number of rotatable bonds is 7. The van der Waals surface area contributed by atoms with Gasteiger partial charge in [-0.2, -0.15) is 0 Å².